The van der Waals surface area contributed by atoms with E-state index < -0.39 is 10.1 Å². The van der Waals surface area contributed by atoms with Gasteiger partial charge in [0.25, 0.3) is 10.1 Å². The Labute approximate surface area is 80.5 Å². The molecule has 0 radical (unpaired) electrons. The first-order valence-electron chi connectivity index (χ1n) is 4.72. The zero-order valence-corrected chi connectivity index (χ0v) is 8.94. The van der Waals surface area contributed by atoms with E-state index in [-0.39, 0.29) is 5.75 Å². The molecule has 0 aliphatic rings. The van der Waals surface area contributed by atoms with Crippen molar-refractivity contribution in [2.75, 3.05) is 18.8 Å². The molecular weight excluding hydrogens is 190 g/mol. The van der Waals surface area contributed by atoms with Crippen LogP contribution in [0.1, 0.15) is 32.6 Å². The number of nitrogens with one attached hydrogen (secondary N) is 1. The lowest BCUT2D eigenvalue weighted by Gasteiger charge is -2.02. The molecule has 80 valence electrons. The molecule has 0 amide bonds. The molecule has 0 saturated carbocycles. The minimum absolute atomic E-state index is 0.145. The van der Waals surface area contributed by atoms with Gasteiger partial charge >= 0.3 is 0 Å². The fraction of sp³-hybridized carbons (Fsp3) is 1.00. The largest absolute Gasteiger partial charge is 0.317 e. The molecule has 0 unspecified atom stereocenters. The standard InChI is InChI=1S/C8H19NO3S/c1-2-3-4-6-9-7-5-8-13(10,11)12/h9H,2-8H2,1H3,(H,10,11,12). The van der Waals surface area contributed by atoms with Crippen LogP contribution in [0.5, 0.6) is 0 Å². The molecular formula is C8H19NO3S. The molecule has 2 N–H and O–H groups in total. The van der Waals surface area contributed by atoms with Crippen molar-refractivity contribution in [3.05, 3.63) is 0 Å². The topological polar surface area (TPSA) is 66.4 Å². The molecule has 0 spiro atoms. The van der Waals surface area contributed by atoms with Gasteiger partial charge in [0.2, 0.25) is 0 Å². The van der Waals surface area contributed by atoms with Gasteiger partial charge in [-0.05, 0) is 25.9 Å². The summed E-state index contributed by atoms with van der Waals surface area (Å²) < 4.78 is 29.0. The summed E-state index contributed by atoms with van der Waals surface area (Å²) in [4.78, 5) is 0. The van der Waals surface area contributed by atoms with Crippen LogP contribution in [0.15, 0.2) is 0 Å². The van der Waals surface area contributed by atoms with Gasteiger partial charge in [-0.15, -0.1) is 0 Å². The first-order valence-corrected chi connectivity index (χ1v) is 6.33. The van der Waals surface area contributed by atoms with Crippen LogP contribution in [0.2, 0.25) is 0 Å². The van der Waals surface area contributed by atoms with Crippen LogP contribution < -0.4 is 5.32 Å². The van der Waals surface area contributed by atoms with Crippen LogP contribution >= 0.6 is 0 Å². The molecule has 0 bridgehead atoms. The maximum absolute atomic E-state index is 10.3. The van der Waals surface area contributed by atoms with E-state index in [0.717, 1.165) is 13.0 Å². The van der Waals surface area contributed by atoms with E-state index in [2.05, 4.69) is 12.2 Å². The van der Waals surface area contributed by atoms with E-state index >= 15 is 0 Å². The quantitative estimate of drug-likeness (QED) is 0.463. The first-order chi connectivity index (χ1) is 6.06. The number of unbranched alkanes of at least 4 members (excludes halogenated alkanes) is 2. The fourth-order valence-corrected chi connectivity index (χ4v) is 1.51. The molecule has 0 aromatic carbocycles. The summed E-state index contributed by atoms with van der Waals surface area (Å²) in [5.74, 6) is -0.145. The molecule has 0 aliphatic carbocycles. The van der Waals surface area contributed by atoms with E-state index in [0.29, 0.717) is 13.0 Å². The van der Waals surface area contributed by atoms with Crippen LogP contribution in [0, 0.1) is 0 Å². The summed E-state index contributed by atoms with van der Waals surface area (Å²) in [5, 5.41) is 3.12. The highest BCUT2D eigenvalue weighted by molar-refractivity contribution is 7.85. The molecule has 0 aliphatic heterocycles. The smallest absolute Gasteiger partial charge is 0.264 e. The fourth-order valence-electron chi connectivity index (χ4n) is 1.00. The Morgan fingerprint density at radius 1 is 1.15 bits per heavy atom. The highest BCUT2D eigenvalue weighted by atomic mass is 32.2. The third kappa shape index (κ3) is 11.9. The first kappa shape index (κ1) is 12.9. The van der Waals surface area contributed by atoms with Gasteiger partial charge in [-0.3, -0.25) is 4.55 Å². The van der Waals surface area contributed by atoms with E-state index in [1.807, 2.05) is 0 Å². The van der Waals surface area contributed by atoms with Crippen LogP contribution in [0.25, 0.3) is 0 Å². The molecule has 13 heavy (non-hydrogen) atoms. The highest BCUT2D eigenvalue weighted by Crippen LogP contribution is 1.91. The summed E-state index contributed by atoms with van der Waals surface area (Å²) in [6.45, 7) is 3.72. The lowest BCUT2D eigenvalue weighted by atomic mass is 10.2. The van der Waals surface area contributed by atoms with E-state index in [1.54, 1.807) is 0 Å². The summed E-state index contributed by atoms with van der Waals surface area (Å²) in [5.41, 5.74) is 0. The predicted octanol–water partition coefficient (Wildman–Crippen LogP) is 1.04. The lowest BCUT2D eigenvalue weighted by Crippen LogP contribution is -2.19. The molecule has 0 rings (SSSR count). The van der Waals surface area contributed by atoms with Crippen molar-refractivity contribution >= 4 is 10.1 Å². The van der Waals surface area contributed by atoms with E-state index in [9.17, 15) is 8.42 Å². The molecule has 0 saturated heterocycles. The van der Waals surface area contributed by atoms with Gasteiger partial charge in [0.1, 0.15) is 0 Å². The third-order valence-electron chi connectivity index (χ3n) is 1.71. The van der Waals surface area contributed by atoms with E-state index in [4.69, 9.17) is 4.55 Å². The van der Waals surface area contributed by atoms with Crippen molar-refractivity contribution in [1.29, 1.82) is 0 Å². The minimum atomic E-state index is -3.76. The Kier molecular flexibility index (Phi) is 7.22. The van der Waals surface area contributed by atoms with Crippen LogP contribution in [-0.4, -0.2) is 31.8 Å². The molecule has 0 atom stereocenters. The summed E-state index contributed by atoms with van der Waals surface area (Å²) in [6, 6.07) is 0. The van der Waals surface area contributed by atoms with Gasteiger partial charge in [-0.25, -0.2) is 0 Å². The lowest BCUT2D eigenvalue weighted by molar-refractivity contribution is 0.479. The second-order valence-electron chi connectivity index (χ2n) is 3.10. The zero-order valence-electron chi connectivity index (χ0n) is 8.12. The van der Waals surface area contributed by atoms with Crippen molar-refractivity contribution in [1.82, 2.24) is 5.32 Å². The monoisotopic (exact) mass is 209 g/mol. The highest BCUT2D eigenvalue weighted by Gasteiger charge is 2.02. The number of rotatable bonds is 8. The molecule has 0 aromatic heterocycles. The third-order valence-corrected chi connectivity index (χ3v) is 2.52. The average molecular weight is 209 g/mol. The van der Waals surface area contributed by atoms with Crippen LogP contribution in [0.3, 0.4) is 0 Å². The summed E-state index contributed by atoms with van der Waals surface area (Å²) in [7, 11) is -3.76. The molecule has 4 nitrogen and oxygen atoms in total. The predicted molar refractivity (Wildman–Crippen MR) is 53.4 cm³/mol. The number of hydrogen-bond acceptors (Lipinski definition) is 3. The normalized spacial score (nSPS) is 11.8. The Bertz CT molecular complexity index is 201. The molecule has 0 heterocycles. The maximum Gasteiger partial charge on any atom is 0.264 e. The van der Waals surface area contributed by atoms with Gasteiger partial charge < -0.3 is 5.32 Å². The zero-order chi connectivity index (χ0) is 10.2. The summed E-state index contributed by atoms with van der Waals surface area (Å²) >= 11 is 0. The van der Waals surface area contributed by atoms with Crippen molar-refractivity contribution in [3.8, 4) is 0 Å². The van der Waals surface area contributed by atoms with Crippen molar-refractivity contribution in [3.63, 3.8) is 0 Å². The minimum Gasteiger partial charge on any atom is -0.317 e. The molecule has 0 aromatic rings. The van der Waals surface area contributed by atoms with Crippen LogP contribution in [0.4, 0.5) is 0 Å². The number of hydrogen-bond donors (Lipinski definition) is 2. The van der Waals surface area contributed by atoms with Gasteiger partial charge in [0.05, 0.1) is 5.75 Å². The SMILES string of the molecule is CCCCCNCCCS(=O)(=O)O. The van der Waals surface area contributed by atoms with Gasteiger partial charge in [-0.1, -0.05) is 19.8 Å². The van der Waals surface area contributed by atoms with Gasteiger partial charge in [0, 0.05) is 0 Å². The summed E-state index contributed by atoms with van der Waals surface area (Å²) in [6.07, 6.45) is 3.99. The Balaban J connectivity index is 3.09. The van der Waals surface area contributed by atoms with Crippen molar-refractivity contribution in [2.45, 2.75) is 32.6 Å². The maximum atomic E-state index is 10.3. The Hall–Kier alpha value is -0.130. The molecule has 0 fully saturated rings. The van der Waals surface area contributed by atoms with Gasteiger partial charge in [0.15, 0.2) is 0 Å². The van der Waals surface area contributed by atoms with Crippen molar-refractivity contribution in [2.24, 2.45) is 0 Å². The second kappa shape index (κ2) is 7.29. The van der Waals surface area contributed by atoms with Crippen molar-refractivity contribution < 1.29 is 13.0 Å². The van der Waals surface area contributed by atoms with Crippen LogP contribution in [-0.2, 0) is 10.1 Å². The average Bonchev–Trinajstić information content (AvgIpc) is 2.01. The Morgan fingerprint density at radius 2 is 1.77 bits per heavy atom. The molecule has 5 heteroatoms. The second-order valence-corrected chi connectivity index (χ2v) is 4.67. The van der Waals surface area contributed by atoms with E-state index in [1.165, 1.54) is 12.8 Å². The Morgan fingerprint density at radius 3 is 2.31 bits per heavy atom. The van der Waals surface area contributed by atoms with Gasteiger partial charge in [-0.2, -0.15) is 8.42 Å².